The Balaban J connectivity index is 2.06. The molecule has 0 N–H and O–H groups in total. The number of ether oxygens (including phenoxy) is 2. The lowest BCUT2D eigenvalue weighted by Gasteiger charge is -2.08. The number of benzene rings is 2. The summed E-state index contributed by atoms with van der Waals surface area (Å²) in [7, 11) is 0. The van der Waals surface area contributed by atoms with Crippen molar-refractivity contribution in [3.63, 3.8) is 0 Å². The van der Waals surface area contributed by atoms with E-state index < -0.39 is 0 Å². The Hall–Kier alpha value is -1.96. The van der Waals surface area contributed by atoms with Crippen molar-refractivity contribution in [2.75, 3.05) is 6.61 Å². The molecule has 0 fully saturated rings. The maximum absolute atomic E-state index is 5.72. The lowest BCUT2D eigenvalue weighted by atomic mass is 10.3. The fourth-order valence-corrected chi connectivity index (χ4v) is 1.47. The molecule has 0 aromatic heterocycles. The zero-order valence-corrected chi connectivity index (χ0v) is 9.93. The van der Waals surface area contributed by atoms with Crippen molar-refractivity contribution in [1.82, 2.24) is 0 Å². The Kier molecular flexibility index (Phi) is 4.03. The van der Waals surface area contributed by atoms with Gasteiger partial charge < -0.3 is 9.47 Å². The van der Waals surface area contributed by atoms with Gasteiger partial charge in [-0.25, -0.2) is 0 Å². The van der Waals surface area contributed by atoms with E-state index in [-0.39, 0.29) is 0 Å². The van der Waals surface area contributed by atoms with E-state index in [9.17, 15) is 0 Å². The lowest BCUT2D eigenvalue weighted by molar-refractivity contribution is 0.316. The molecule has 0 radical (unpaired) electrons. The summed E-state index contributed by atoms with van der Waals surface area (Å²) < 4.78 is 11.3. The molecule has 0 heterocycles. The third-order valence-electron chi connectivity index (χ3n) is 2.26. The standard InChI is InChI=1S/C15H16O2/c1-2-11-16-14-9-6-10-15(12-14)17-13-7-4-3-5-8-13/h3-10,12H,2,11H2,1H3. The van der Waals surface area contributed by atoms with Gasteiger partial charge in [0.15, 0.2) is 0 Å². The molecule has 0 unspecified atom stereocenters. The SMILES string of the molecule is CCCOc1cccc(Oc2ccccc2)c1. The summed E-state index contributed by atoms with van der Waals surface area (Å²) in [5.74, 6) is 2.48. The number of para-hydroxylation sites is 1. The van der Waals surface area contributed by atoms with Gasteiger partial charge in [-0.05, 0) is 30.7 Å². The fourth-order valence-electron chi connectivity index (χ4n) is 1.47. The van der Waals surface area contributed by atoms with E-state index in [0.29, 0.717) is 0 Å². The van der Waals surface area contributed by atoms with Crippen molar-refractivity contribution < 1.29 is 9.47 Å². The Labute approximate surface area is 102 Å². The molecule has 17 heavy (non-hydrogen) atoms. The average Bonchev–Trinajstić information content (AvgIpc) is 2.38. The highest BCUT2D eigenvalue weighted by molar-refractivity contribution is 5.36. The number of hydrogen-bond donors (Lipinski definition) is 0. The normalized spacial score (nSPS) is 9.94. The molecule has 2 aromatic carbocycles. The Morgan fingerprint density at radius 2 is 1.53 bits per heavy atom. The van der Waals surface area contributed by atoms with Crippen LogP contribution in [0.5, 0.6) is 17.2 Å². The first-order valence-corrected chi connectivity index (χ1v) is 5.84. The van der Waals surface area contributed by atoms with Gasteiger partial charge in [0.1, 0.15) is 17.2 Å². The van der Waals surface area contributed by atoms with Gasteiger partial charge in [0.05, 0.1) is 6.61 Å². The monoisotopic (exact) mass is 228 g/mol. The summed E-state index contributed by atoms with van der Waals surface area (Å²) in [6.07, 6.45) is 1.00. The molecule has 88 valence electrons. The van der Waals surface area contributed by atoms with Gasteiger partial charge in [-0.2, -0.15) is 0 Å². The first-order valence-electron chi connectivity index (χ1n) is 5.84. The van der Waals surface area contributed by atoms with E-state index in [2.05, 4.69) is 6.92 Å². The van der Waals surface area contributed by atoms with Gasteiger partial charge in [0.2, 0.25) is 0 Å². The van der Waals surface area contributed by atoms with Crippen LogP contribution in [0.1, 0.15) is 13.3 Å². The highest BCUT2D eigenvalue weighted by Crippen LogP contribution is 2.24. The highest BCUT2D eigenvalue weighted by atomic mass is 16.5. The van der Waals surface area contributed by atoms with E-state index in [1.807, 2.05) is 54.6 Å². The molecule has 0 spiro atoms. The minimum Gasteiger partial charge on any atom is -0.493 e. The van der Waals surface area contributed by atoms with E-state index in [1.165, 1.54) is 0 Å². The summed E-state index contributed by atoms with van der Waals surface area (Å²) in [5, 5.41) is 0. The molecule has 0 amide bonds. The first-order chi connectivity index (χ1) is 8.38. The second-order valence-electron chi connectivity index (χ2n) is 3.74. The van der Waals surface area contributed by atoms with Crippen LogP contribution < -0.4 is 9.47 Å². The van der Waals surface area contributed by atoms with Crippen molar-refractivity contribution in [1.29, 1.82) is 0 Å². The molecule has 2 rings (SSSR count). The van der Waals surface area contributed by atoms with Crippen molar-refractivity contribution >= 4 is 0 Å². The smallest absolute Gasteiger partial charge is 0.131 e. The quantitative estimate of drug-likeness (QED) is 0.761. The van der Waals surface area contributed by atoms with Crippen LogP contribution >= 0.6 is 0 Å². The van der Waals surface area contributed by atoms with Gasteiger partial charge in [0, 0.05) is 6.07 Å². The Morgan fingerprint density at radius 1 is 0.824 bits per heavy atom. The van der Waals surface area contributed by atoms with Crippen molar-refractivity contribution in [3.05, 3.63) is 54.6 Å². The molecule has 2 aromatic rings. The Bertz CT molecular complexity index is 451. The second-order valence-corrected chi connectivity index (χ2v) is 3.74. The first kappa shape index (κ1) is 11.5. The topological polar surface area (TPSA) is 18.5 Å². The molecule has 0 atom stereocenters. The Morgan fingerprint density at radius 3 is 2.29 bits per heavy atom. The second kappa shape index (κ2) is 5.94. The van der Waals surface area contributed by atoms with Gasteiger partial charge >= 0.3 is 0 Å². The van der Waals surface area contributed by atoms with Gasteiger partial charge in [-0.3, -0.25) is 0 Å². The predicted molar refractivity (Wildman–Crippen MR) is 68.7 cm³/mol. The summed E-state index contributed by atoms with van der Waals surface area (Å²) in [5.41, 5.74) is 0. The van der Waals surface area contributed by atoms with Crippen molar-refractivity contribution in [2.24, 2.45) is 0 Å². The zero-order chi connectivity index (χ0) is 11.9. The van der Waals surface area contributed by atoms with Crippen molar-refractivity contribution in [3.8, 4) is 17.2 Å². The minimum absolute atomic E-state index is 0.731. The average molecular weight is 228 g/mol. The maximum Gasteiger partial charge on any atom is 0.131 e. The van der Waals surface area contributed by atoms with Crippen LogP contribution in [0.2, 0.25) is 0 Å². The molecular weight excluding hydrogens is 212 g/mol. The fraction of sp³-hybridized carbons (Fsp3) is 0.200. The predicted octanol–water partition coefficient (Wildman–Crippen LogP) is 4.27. The maximum atomic E-state index is 5.72. The van der Waals surface area contributed by atoms with Crippen LogP contribution in [0.25, 0.3) is 0 Å². The molecule has 0 bridgehead atoms. The molecule has 2 heteroatoms. The van der Waals surface area contributed by atoms with E-state index in [0.717, 1.165) is 30.3 Å². The summed E-state index contributed by atoms with van der Waals surface area (Å²) in [6.45, 7) is 2.82. The van der Waals surface area contributed by atoms with Crippen molar-refractivity contribution in [2.45, 2.75) is 13.3 Å². The largest absolute Gasteiger partial charge is 0.493 e. The van der Waals surface area contributed by atoms with E-state index in [4.69, 9.17) is 9.47 Å². The van der Waals surface area contributed by atoms with Crippen LogP contribution in [-0.4, -0.2) is 6.61 Å². The van der Waals surface area contributed by atoms with Gasteiger partial charge in [0.25, 0.3) is 0 Å². The van der Waals surface area contributed by atoms with Crippen LogP contribution in [0, 0.1) is 0 Å². The van der Waals surface area contributed by atoms with E-state index in [1.54, 1.807) is 0 Å². The van der Waals surface area contributed by atoms with Gasteiger partial charge in [-0.15, -0.1) is 0 Å². The van der Waals surface area contributed by atoms with Crippen LogP contribution in [-0.2, 0) is 0 Å². The molecule has 0 saturated heterocycles. The number of rotatable bonds is 5. The number of hydrogen-bond acceptors (Lipinski definition) is 2. The van der Waals surface area contributed by atoms with Crippen LogP contribution in [0.4, 0.5) is 0 Å². The molecular formula is C15H16O2. The molecule has 0 aliphatic rings. The zero-order valence-electron chi connectivity index (χ0n) is 9.93. The third-order valence-corrected chi connectivity index (χ3v) is 2.26. The molecule has 0 aliphatic heterocycles. The van der Waals surface area contributed by atoms with E-state index >= 15 is 0 Å². The minimum atomic E-state index is 0.731. The van der Waals surface area contributed by atoms with Crippen LogP contribution in [0.3, 0.4) is 0 Å². The summed E-state index contributed by atoms with van der Waals surface area (Å²) in [6, 6.07) is 17.4. The lowest BCUT2D eigenvalue weighted by Crippen LogP contribution is -1.94. The molecule has 0 saturated carbocycles. The summed E-state index contributed by atoms with van der Waals surface area (Å²) >= 11 is 0. The van der Waals surface area contributed by atoms with Gasteiger partial charge in [-0.1, -0.05) is 31.2 Å². The highest BCUT2D eigenvalue weighted by Gasteiger charge is 1.98. The molecule has 2 nitrogen and oxygen atoms in total. The molecule has 0 aliphatic carbocycles. The third kappa shape index (κ3) is 3.52. The summed E-state index contributed by atoms with van der Waals surface area (Å²) in [4.78, 5) is 0. The van der Waals surface area contributed by atoms with Crippen LogP contribution in [0.15, 0.2) is 54.6 Å².